The van der Waals surface area contributed by atoms with Gasteiger partial charge in [-0.15, -0.1) is 12.4 Å². The minimum Gasteiger partial charge on any atom is -0.437 e. The molecule has 1 atom stereocenters. The van der Waals surface area contributed by atoms with Crippen LogP contribution in [0, 0.1) is 0 Å². The summed E-state index contributed by atoms with van der Waals surface area (Å²) >= 11 is 3.05. The molecule has 0 saturated carbocycles. The molecule has 1 unspecified atom stereocenters. The maximum atomic E-state index is 11.9. The lowest BCUT2D eigenvalue weighted by Crippen LogP contribution is -2.39. The van der Waals surface area contributed by atoms with Crippen molar-refractivity contribution in [1.29, 1.82) is 0 Å². The number of hydrogen-bond acceptors (Lipinski definition) is 4. The van der Waals surface area contributed by atoms with E-state index in [1.165, 1.54) is 23.5 Å². The van der Waals surface area contributed by atoms with Gasteiger partial charge in [-0.25, -0.2) is 8.42 Å². The number of hydrogen-bond donors (Lipinski definition) is 1. The number of nitrogens with two attached hydrogens (primary N) is 1. The zero-order valence-electron chi connectivity index (χ0n) is 8.88. The zero-order chi connectivity index (χ0) is 11.6. The minimum atomic E-state index is -3.57. The van der Waals surface area contributed by atoms with E-state index >= 15 is 0 Å². The van der Waals surface area contributed by atoms with Crippen LogP contribution in [-0.2, 0) is 10.0 Å². The molecule has 0 bridgehead atoms. The Labute approximate surface area is 110 Å². The highest BCUT2D eigenvalue weighted by Gasteiger charge is 2.27. The molecule has 0 saturated heterocycles. The number of furan rings is 1. The van der Waals surface area contributed by atoms with Crippen LogP contribution in [0.15, 0.2) is 26.3 Å². The lowest BCUT2D eigenvalue weighted by Gasteiger charge is -2.21. The van der Waals surface area contributed by atoms with Crippen molar-refractivity contribution in [3.8, 4) is 0 Å². The summed E-state index contributed by atoms with van der Waals surface area (Å²) in [6.45, 7) is 1.99. The minimum absolute atomic E-state index is 0. The maximum Gasteiger partial charge on any atom is 0.276 e. The molecule has 94 valence electrons. The number of nitrogens with zero attached hydrogens (tertiary/aromatic N) is 1. The first-order chi connectivity index (χ1) is 6.89. The number of likely N-dealkylation sites (N-methyl/N-ethyl adjacent to an activating group) is 1. The third kappa shape index (κ3) is 3.21. The van der Waals surface area contributed by atoms with E-state index in [2.05, 4.69) is 15.9 Å². The summed E-state index contributed by atoms with van der Waals surface area (Å²) in [6.07, 6.45) is 0. The molecule has 0 aromatic carbocycles. The van der Waals surface area contributed by atoms with Crippen LogP contribution in [0.1, 0.15) is 6.92 Å². The lowest BCUT2D eigenvalue weighted by atomic mass is 10.4. The normalized spacial score (nSPS) is 13.6. The Kier molecular flexibility index (Phi) is 5.99. The van der Waals surface area contributed by atoms with Gasteiger partial charge in [0.05, 0.1) is 0 Å². The molecule has 8 heteroatoms. The average molecular weight is 334 g/mol. The van der Waals surface area contributed by atoms with Gasteiger partial charge >= 0.3 is 0 Å². The van der Waals surface area contributed by atoms with Crippen LogP contribution in [0.4, 0.5) is 0 Å². The SMILES string of the molecule is CC(CN)N(C)S(=O)(=O)c1ccc(Br)o1.Cl. The molecule has 1 aromatic heterocycles. The average Bonchev–Trinajstić information content (AvgIpc) is 2.63. The van der Waals surface area contributed by atoms with Crippen molar-refractivity contribution in [3.63, 3.8) is 0 Å². The Morgan fingerprint density at radius 2 is 2.12 bits per heavy atom. The molecule has 5 nitrogen and oxygen atoms in total. The fourth-order valence-corrected chi connectivity index (χ4v) is 2.66. The van der Waals surface area contributed by atoms with Crippen LogP contribution in [0.5, 0.6) is 0 Å². The predicted molar refractivity (Wildman–Crippen MR) is 67.1 cm³/mol. The molecule has 0 spiro atoms. The Balaban J connectivity index is 0.00000225. The molecule has 1 heterocycles. The third-order valence-corrected chi connectivity index (χ3v) is 4.42. The third-order valence-electron chi connectivity index (χ3n) is 2.14. The molecular formula is C8H14BrClN2O3S. The monoisotopic (exact) mass is 332 g/mol. The van der Waals surface area contributed by atoms with Crippen molar-refractivity contribution in [3.05, 3.63) is 16.8 Å². The van der Waals surface area contributed by atoms with Crippen molar-refractivity contribution in [2.24, 2.45) is 5.73 Å². The molecule has 16 heavy (non-hydrogen) atoms. The first-order valence-electron chi connectivity index (χ1n) is 4.33. The molecule has 0 aliphatic carbocycles. The van der Waals surface area contributed by atoms with E-state index in [0.717, 1.165) is 0 Å². The van der Waals surface area contributed by atoms with Crippen LogP contribution in [-0.4, -0.2) is 32.4 Å². The summed E-state index contributed by atoms with van der Waals surface area (Å²) in [6, 6.07) is 2.67. The predicted octanol–water partition coefficient (Wildman–Crippen LogP) is 1.43. The molecule has 0 aliphatic heterocycles. The summed E-state index contributed by atoms with van der Waals surface area (Å²) in [5.41, 5.74) is 5.41. The number of sulfonamides is 1. The summed E-state index contributed by atoms with van der Waals surface area (Å²) < 4.78 is 30.4. The summed E-state index contributed by atoms with van der Waals surface area (Å²) in [5.74, 6) is 0. The van der Waals surface area contributed by atoms with E-state index in [1.807, 2.05) is 0 Å². The largest absolute Gasteiger partial charge is 0.437 e. The number of halogens is 2. The van der Waals surface area contributed by atoms with E-state index in [1.54, 1.807) is 6.92 Å². The van der Waals surface area contributed by atoms with Crippen molar-refractivity contribution < 1.29 is 12.8 Å². The molecule has 1 aromatic rings. The summed E-state index contributed by atoms with van der Waals surface area (Å²) in [4.78, 5) is 0. The molecule has 0 amide bonds. The maximum absolute atomic E-state index is 11.9. The van der Waals surface area contributed by atoms with Gasteiger partial charge in [0.25, 0.3) is 10.0 Å². The summed E-state index contributed by atoms with van der Waals surface area (Å²) in [5, 5.41) is -0.0859. The van der Waals surface area contributed by atoms with Crippen molar-refractivity contribution >= 4 is 38.4 Å². The van der Waals surface area contributed by atoms with Crippen LogP contribution in [0.2, 0.25) is 0 Å². The molecular weight excluding hydrogens is 320 g/mol. The van der Waals surface area contributed by atoms with Gasteiger partial charge in [0, 0.05) is 19.6 Å². The van der Waals surface area contributed by atoms with E-state index in [4.69, 9.17) is 10.2 Å². The van der Waals surface area contributed by atoms with E-state index in [9.17, 15) is 8.42 Å². The molecule has 1 rings (SSSR count). The molecule has 2 N–H and O–H groups in total. The Morgan fingerprint density at radius 3 is 2.50 bits per heavy atom. The van der Waals surface area contributed by atoms with Gasteiger partial charge in [-0.05, 0) is 35.0 Å². The van der Waals surface area contributed by atoms with Gasteiger partial charge in [0.1, 0.15) is 0 Å². The van der Waals surface area contributed by atoms with E-state index < -0.39 is 10.0 Å². The van der Waals surface area contributed by atoms with Crippen molar-refractivity contribution in [1.82, 2.24) is 4.31 Å². The topological polar surface area (TPSA) is 76.5 Å². The molecule has 0 fully saturated rings. The smallest absolute Gasteiger partial charge is 0.276 e. The first-order valence-corrected chi connectivity index (χ1v) is 6.56. The van der Waals surface area contributed by atoms with Crippen molar-refractivity contribution in [2.45, 2.75) is 18.1 Å². The fourth-order valence-electron chi connectivity index (χ4n) is 0.964. The quantitative estimate of drug-likeness (QED) is 0.904. The second-order valence-corrected chi connectivity index (χ2v) is 5.87. The molecule has 0 aliphatic rings. The van der Waals surface area contributed by atoms with Gasteiger partial charge < -0.3 is 10.2 Å². The Bertz CT molecular complexity index is 434. The second kappa shape index (κ2) is 6.02. The van der Waals surface area contributed by atoms with Crippen molar-refractivity contribution in [2.75, 3.05) is 13.6 Å². The van der Waals surface area contributed by atoms with Gasteiger partial charge in [0.15, 0.2) is 4.67 Å². The van der Waals surface area contributed by atoms with Crippen LogP contribution >= 0.6 is 28.3 Å². The lowest BCUT2D eigenvalue weighted by molar-refractivity contribution is 0.363. The van der Waals surface area contributed by atoms with Gasteiger partial charge in [-0.2, -0.15) is 4.31 Å². The second-order valence-electron chi connectivity index (χ2n) is 3.16. The van der Waals surface area contributed by atoms with Crippen LogP contribution in [0.25, 0.3) is 0 Å². The number of rotatable bonds is 4. The summed E-state index contributed by atoms with van der Waals surface area (Å²) in [7, 11) is -2.10. The van der Waals surface area contributed by atoms with Crippen LogP contribution in [0.3, 0.4) is 0 Å². The highest BCUT2D eigenvalue weighted by molar-refractivity contribution is 9.10. The highest BCUT2D eigenvalue weighted by Crippen LogP contribution is 2.22. The van der Waals surface area contributed by atoms with Gasteiger partial charge in [0.2, 0.25) is 5.09 Å². The first kappa shape index (κ1) is 15.9. The Morgan fingerprint density at radius 1 is 1.56 bits per heavy atom. The van der Waals surface area contributed by atoms with Gasteiger partial charge in [-0.3, -0.25) is 0 Å². The highest BCUT2D eigenvalue weighted by atomic mass is 79.9. The van der Waals surface area contributed by atoms with E-state index in [0.29, 0.717) is 4.67 Å². The fraction of sp³-hybridized carbons (Fsp3) is 0.500. The zero-order valence-corrected chi connectivity index (χ0v) is 12.1. The Hall–Kier alpha value is -0.0800. The van der Waals surface area contributed by atoms with Crippen LogP contribution < -0.4 is 5.73 Å². The standard InChI is InChI=1S/C8H13BrN2O3S.ClH/c1-6(5-10)11(2)15(12,13)8-4-3-7(9)14-8;/h3-4,6H,5,10H2,1-2H3;1H. The molecule has 0 radical (unpaired) electrons. The van der Waals surface area contributed by atoms with Gasteiger partial charge in [-0.1, -0.05) is 0 Å². The van der Waals surface area contributed by atoms with E-state index in [-0.39, 0.29) is 30.1 Å².